The smallest absolute Gasteiger partial charge is 0.151 e. The highest BCUT2D eigenvalue weighted by atomic mass is 16.5. The lowest BCUT2D eigenvalue weighted by Gasteiger charge is -2.13. The second-order valence-electron chi connectivity index (χ2n) is 9.02. The zero-order valence-corrected chi connectivity index (χ0v) is 19.6. The number of nitrogens with zero attached hydrogens (tertiary/aromatic N) is 5. The second-order valence-corrected chi connectivity index (χ2v) is 9.02. The molecule has 0 saturated heterocycles. The molecule has 1 aromatic carbocycles. The van der Waals surface area contributed by atoms with Crippen molar-refractivity contribution >= 4 is 33.6 Å². The van der Waals surface area contributed by atoms with E-state index in [1.807, 2.05) is 49.8 Å². The fraction of sp³-hybridized carbons (Fsp3) is 0.259. The maximum absolute atomic E-state index is 6.30. The largest absolute Gasteiger partial charge is 0.489 e. The van der Waals surface area contributed by atoms with Gasteiger partial charge in [0.05, 0.1) is 5.52 Å². The number of ether oxygens (including phenoxy) is 1. The first kappa shape index (κ1) is 21.3. The van der Waals surface area contributed by atoms with Crippen LogP contribution < -0.4 is 15.8 Å². The molecule has 0 radical (unpaired) electrons. The number of anilines is 2. The summed E-state index contributed by atoms with van der Waals surface area (Å²) in [6.45, 7) is 0.399. The quantitative estimate of drug-likeness (QED) is 0.348. The first-order valence-electron chi connectivity index (χ1n) is 12.0. The summed E-state index contributed by atoms with van der Waals surface area (Å²) in [6, 6.07) is 12.5. The predicted octanol–water partition coefficient (Wildman–Crippen LogP) is 5.36. The topological polar surface area (TPSA) is 104 Å². The zero-order chi connectivity index (χ0) is 23.8. The van der Waals surface area contributed by atoms with Crippen molar-refractivity contribution < 1.29 is 4.74 Å². The molecule has 5 aromatic rings. The molecule has 0 spiro atoms. The van der Waals surface area contributed by atoms with Crippen LogP contribution in [0.3, 0.4) is 0 Å². The fourth-order valence-electron chi connectivity index (χ4n) is 5.00. The minimum atomic E-state index is 0.399. The predicted molar refractivity (Wildman–Crippen MR) is 138 cm³/mol. The van der Waals surface area contributed by atoms with Crippen LogP contribution in [0.5, 0.6) is 5.75 Å². The number of hydrogen-bond donors (Lipinski definition) is 2. The van der Waals surface area contributed by atoms with Gasteiger partial charge in [0.1, 0.15) is 35.5 Å². The van der Waals surface area contributed by atoms with Gasteiger partial charge in [-0.3, -0.25) is 4.98 Å². The number of nitrogen functional groups attached to an aromatic ring is 1. The maximum atomic E-state index is 6.30. The lowest BCUT2D eigenvalue weighted by Crippen LogP contribution is -2.05. The van der Waals surface area contributed by atoms with Gasteiger partial charge in [0, 0.05) is 59.8 Å². The maximum Gasteiger partial charge on any atom is 0.151 e. The van der Waals surface area contributed by atoms with Crippen LogP contribution in [0, 0.1) is 0 Å². The van der Waals surface area contributed by atoms with E-state index in [-0.39, 0.29) is 0 Å². The van der Waals surface area contributed by atoms with Crippen LogP contribution in [0.25, 0.3) is 33.1 Å². The molecule has 35 heavy (non-hydrogen) atoms. The van der Waals surface area contributed by atoms with Crippen LogP contribution in [-0.2, 0) is 6.61 Å². The van der Waals surface area contributed by atoms with Crippen LogP contribution in [0.2, 0.25) is 0 Å². The molecule has 0 amide bonds. The molecule has 0 unspecified atom stereocenters. The van der Waals surface area contributed by atoms with Gasteiger partial charge in [-0.1, -0.05) is 12.8 Å². The summed E-state index contributed by atoms with van der Waals surface area (Å²) in [5.74, 6) is 2.11. The first-order chi connectivity index (χ1) is 17.2. The molecule has 0 bridgehead atoms. The number of hydrogen-bond acceptors (Lipinski definition) is 7. The van der Waals surface area contributed by atoms with Crippen LogP contribution in [0.4, 0.5) is 11.6 Å². The molecule has 0 atom stereocenters. The Hall–Kier alpha value is -4.20. The van der Waals surface area contributed by atoms with E-state index >= 15 is 0 Å². The Kier molecular flexibility index (Phi) is 5.41. The molecule has 4 aromatic heterocycles. The van der Waals surface area contributed by atoms with Crippen LogP contribution >= 0.6 is 0 Å². The highest BCUT2D eigenvalue weighted by molar-refractivity contribution is 5.97. The number of rotatable bonds is 6. The van der Waals surface area contributed by atoms with Crippen molar-refractivity contribution in [1.82, 2.24) is 24.5 Å². The number of nitrogens with one attached hydrogen (secondary N) is 1. The Labute approximate surface area is 203 Å². The van der Waals surface area contributed by atoms with Crippen LogP contribution in [0.1, 0.15) is 37.3 Å². The summed E-state index contributed by atoms with van der Waals surface area (Å²) < 4.78 is 8.38. The van der Waals surface area contributed by atoms with Crippen molar-refractivity contribution in [2.75, 3.05) is 18.1 Å². The van der Waals surface area contributed by atoms with Crippen molar-refractivity contribution in [3.8, 4) is 16.9 Å². The summed E-state index contributed by atoms with van der Waals surface area (Å²) >= 11 is 0. The number of benzene rings is 1. The summed E-state index contributed by atoms with van der Waals surface area (Å²) in [5.41, 5.74) is 12.0. The van der Waals surface area contributed by atoms with Gasteiger partial charge in [-0.15, -0.1) is 0 Å². The molecule has 176 valence electrons. The van der Waals surface area contributed by atoms with Gasteiger partial charge >= 0.3 is 0 Å². The average molecular weight is 466 g/mol. The minimum absolute atomic E-state index is 0.399. The Balaban J connectivity index is 1.30. The monoisotopic (exact) mass is 465 g/mol. The lowest BCUT2D eigenvalue weighted by atomic mass is 10.1. The van der Waals surface area contributed by atoms with Gasteiger partial charge < -0.3 is 20.4 Å². The lowest BCUT2D eigenvalue weighted by molar-refractivity contribution is 0.306. The van der Waals surface area contributed by atoms with Gasteiger partial charge in [-0.2, -0.15) is 0 Å². The number of nitrogens with two attached hydrogens (primary N) is 1. The minimum Gasteiger partial charge on any atom is -0.489 e. The number of pyridine rings is 2. The molecular formula is C27H27N7O. The average Bonchev–Trinajstić information content (AvgIpc) is 3.56. The molecule has 6 rings (SSSR count). The molecule has 0 aliphatic heterocycles. The van der Waals surface area contributed by atoms with Gasteiger partial charge in [-0.05, 0) is 43.2 Å². The van der Waals surface area contributed by atoms with E-state index in [4.69, 9.17) is 10.5 Å². The molecule has 4 heterocycles. The molecule has 1 aliphatic carbocycles. The SMILES string of the molecule is CNc1ccc2ccc(OCc3cncc(-c4cn(C5CCCC5)c5c(N)ncnc45)c3)cc2n1. The van der Waals surface area contributed by atoms with Gasteiger partial charge in [0.15, 0.2) is 5.82 Å². The van der Waals surface area contributed by atoms with E-state index in [9.17, 15) is 0 Å². The van der Waals surface area contributed by atoms with Gasteiger partial charge in [0.2, 0.25) is 0 Å². The van der Waals surface area contributed by atoms with E-state index in [0.717, 1.165) is 63.0 Å². The van der Waals surface area contributed by atoms with Crippen molar-refractivity contribution in [2.45, 2.75) is 38.3 Å². The summed E-state index contributed by atoms with van der Waals surface area (Å²) in [4.78, 5) is 18.0. The Morgan fingerprint density at radius 2 is 1.94 bits per heavy atom. The normalized spacial score (nSPS) is 14.1. The number of aromatic nitrogens is 5. The molecule has 1 aliphatic rings. The van der Waals surface area contributed by atoms with Crippen molar-refractivity contribution in [3.05, 3.63) is 66.9 Å². The van der Waals surface area contributed by atoms with Gasteiger partial charge in [-0.25, -0.2) is 15.0 Å². The van der Waals surface area contributed by atoms with Crippen LogP contribution in [-0.4, -0.2) is 31.6 Å². The summed E-state index contributed by atoms with van der Waals surface area (Å²) in [7, 11) is 1.86. The molecule has 3 N–H and O–H groups in total. The van der Waals surface area contributed by atoms with E-state index < -0.39 is 0 Å². The molecule has 1 saturated carbocycles. The van der Waals surface area contributed by atoms with E-state index in [2.05, 4.69) is 42.1 Å². The fourth-order valence-corrected chi connectivity index (χ4v) is 5.00. The molecule has 8 heteroatoms. The Morgan fingerprint density at radius 1 is 1.09 bits per heavy atom. The third-order valence-corrected chi connectivity index (χ3v) is 6.78. The van der Waals surface area contributed by atoms with E-state index in [1.54, 1.807) is 0 Å². The highest BCUT2D eigenvalue weighted by Gasteiger charge is 2.23. The van der Waals surface area contributed by atoms with E-state index in [1.165, 1.54) is 19.2 Å². The molecule has 1 fully saturated rings. The van der Waals surface area contributed by atoms with Crippen molar-refractivity contribution in [1.29, 1.82) is 0 Å². The summed E-state index contributed by atoms with van der Waals surface area (Å²) in [6.07, 6.45) is 12.2. The molecule has 8 nitrogen and oxygen atoms in total. The van der Waals surface area contributed by atoms with Crippen LogP contribution in [0.15, 0.2) is 61.3 Å². The highest BCUT2D eigenvalue weighted by Crippen LogP contribution is 2.38. The third-order valence-electron chi connectivity index (χ3n) is 6.78. The Morgan fingerprint density at radius 3 is 2.80 bits per heavy atom. The van der Waals surface area contributed by atoms with E-state index in [0.29, 0.717) is 18.5 Å². The summed E-state index contributed by atoms with van der Waals surface area (Å²) in [5, 5.41) is 4.14. The van der Waals surface area contributed by atoms with Crippen molar-refractivity contribution in [3.63, 3.8) is 0 Å². The first-order valence-corrected chi connectivity index (χ1v) is 12.0. The third kappa shape index (κ3) is 4.01. The number of fused-ring (bicyclic) bond motifs is 2. The standard InChI is InChI=1S/C27H27N7O/c1-29-24-9-7-18-6-8-21(11-23(18)33-24)35-15-17-10-19(13-30-12-17)22-14-34(20-4-2-3-5-20)26-25(22)31-16-32-27(26)28/h6-14,16,20H,2-5,15H2,1H3,(H,29,33)(H2,28,31,32). The van der Waals surface area contributed by atoms with Gasteiger partial charge in [0.25, 0.3) is 0 Å². The molecular weight excluding hydrogens is 438 g/mol. The zero-order valence-electron chi connectivity index (χ0n) is 19.6. The second kappa shape index (κ2) is 8.87. The van der Waals surface area contributed by atoms with Crippen molar-refractivity contribution in [2.24, 2.45) is 0 Å². The Bertz CT molecular complexity index is 1520.